The molecule has 4 N–H and O–H groups in total. The average Bonchev–Trinajstić information content (AvgIpc) is 3.71. The molecule has 0 unspecified atom stereocenters. The number of nitrogens with zero attached hydrogens (tertiary/aromatic N) is 2. The first-order valence-electron chi connectivity index (χ1n) is 13.3. The third-order valence-corrected chi connectivity index (χ3v) is 8.62. The number of aryl methyl sites for hydroxylation is 2. The molecule has 0 bridgehead atoms. The summed E-state index contributed by atoms with van der Waals surface area (Å²) < 4.78 is 28.0. The summed E-state index contributed by atoms with van der Waals surface area (Å²) in [6.45, 7) is -0.775. The largest absolute Gasteiger partial charge is 0.370 e. The number of aliphatic hydroxyl groups is 1. The summed E-state index contributed by atoms with van der Waals surface area (Å²) in [5.74, 6) is -3.47. The SMILES string of the molecule is CNC(=O)Nc1ccc2c(c1)CC[C@]21NC(=O)N(CC(=O)N2Cc3cc(F)c(F)cc3CC[C@@]2(O)C2CC2)C1=O. The van der Waals surface area contributed by atoms with Crippen LogP contribution in [0.25, 0.3) is 0 Å². The highest BCUT2D eigenvalue weighted by Gasteiger charge is 2.57. The van der Waals surface area contributed by atoms with Gasteiger partial charge >= 0.3 is 12.1 Å². The molecule has 2 fully saturated rings. The van der Waals surface area contributed by atoms with E-state index >= 15 is 0 Å². The van der Waals surface area contributed by atoms with E-state index in [1.807, 2.05) is 0 Å². The number of urea groups is 2. The Hall–Kier alpha value is -4.06. The van der Waals surface area contributed by atoms with E-state index < -0.39 is 53.3 Å². The van der Waals surface area contributed by atoms with Crippen LogP contribution in [0.5, 0.6) is 0 Å². The van der Waals surface area contributed by atoms with E-state index in [-0.39, 0.29) is 31.7 Å². The van der Waals surface area contributed by atoms with Gasteiger partial charge in [-0.2, -0.15) is 0 Å². The second-order valence-electron chi connectivity index (χ2n) is 11.0. The number of imide groups is 1. The highest BCUT2D eigenvalue weighted by Crippen LogP contribution is 2.47. The second-order valence-corrected chi connectivity index (χ2v) is 11.0. The summed E-state index contributed by atoms with van der Waals surface area (Å²) in [5, 5.41) is 19.6. The fraction of sp³-hybridized carbons (Fsp3) is 0.429. The predicted molar refractivity (Wildman–Crippen MR) is 138 cm³/mol. The van der Waals surface area contributed by atoms with Crippen LogP contribution in [0.3, 0.4) is 0 Å². The third-order valence-electron chi connectivity index (χ3n) is 8.62. The maximum atomic E-state index is 14.1. The van der Waals surface area contributed by atoms with Gasteiger partial charge in [-0.25, -0.2) is 18.4 Å². The molecule has 1 saturated heterocycles. The highest BCUT2D eigenvalue weighted by atomic mass is 19.2. The number of anilines is 1. The van der Waals surface area contributed by atoms with Crippen molar-refractivity contribution >= 4 is 29.6 Å². The van der Waals surface area contributed by atoms with E-state index in [0.717, 1.165) is 22.6 Å². The molecule has 2 aliphatic heterocycles. The van der Waals surface area contributed by atoms with E-state index in [0.29, 0.717) is 41.6 Å². The summed E-state index contributed by atoms with van der Waals surface area (Å²) in [5.41, 5.74) is -0.0868. The molecule has 6 rings (SSSR count). The first-order chi connectivity index (χ1) is 19.1. The summed E-state index contributed by atoms with van der Waals surface area (Å²) in [4.78, 5) is 54.3. The van der Waals surface area contributed by atoms with Gasteiger partial charge in [-0.3, -0.25) is 14.5 Å². The summed E-state index contributed by atoms with van der Waals surface area (Å²) in [6.07, 6.45) is 2.53. The van der Waals surface area contributed by atoms with Crippen molar-refractivity contribution in [1.29, 1.82) is 0 Å². The second kappa shape index (κ2) is 9.26. The van der Waals surface area contributed by atoms with E-state index in [1.165, 1.54) is 11.9 Å². The van der Waals surface area contributed by atoms with Crippen molar-refractivity contribution in [2.45, 2.75) is 56.3 Å². The molecule has 2 heterocycles. The zero-order valence-corrected chi connectivity index (χ0v) is 21.9. The first-order valence-corrected chi connectivity index (χ1v) is 13.3. The van der Waals surface area contributed by atoms with Gasteiger partial charge in [-0.05, 0) is 85.0 Å². The Morgan fingerprint density at radius 1 is 1.05 bits per heavy atom. The Labute approximate surface area is 228 Å². The number of nitrogens with one attached hydrogen (secondary N) is 3. The molecular weight excluding hydrogens is 524 g/mol. The highest BCUT2D eigenvalue weighted by molar-refractivity contribution is 6.10. The van der Waals surface area contributed by atoms with Gasteiger partial charge in [-0.1, -0.05) is 6.07 Å². The topological polar surface area (TPSA) is 131 Å². The summed E-state index contributed by atoms with van der Waals surface area (Å²) in [7, 11) is 1.49. The normalized spacial score (nSPS) is 25.4. The molecule has 0 aromatic heterocycles. The van der Waals surface area contributed by atoms with E-state index in [4.69, 9.17) is 0 Å². The van der Waals surface area contributed by atoms with Crippen molar-refractivity contribution in [1.82, 2.24) is 20.4 Å². The van der Waals surface area contributed by atoms with Crippen LogP contribution in [0.2, 0.25) is 0 Å². The van der Waals surface area contributed by atoms with Crippen molar-refractivity contribution in [3.63, 3.8) is 0 Å². The number of amides is 6. The van der Waals surface area contributed by atoms with E-state index in [2.05, 4.69) is 16.0 Å². The third kappa shape index (κ3) is 4.09. The van der Waals surface area contributed by atoms with Crippen LogP contribution in [-0.4, -0.2) is 58.1 Å². The lowest BCUT2D eigenvalue weighted by atomic mass is 9.91. The Morgan fingerprint density at radius 3 is 2.45 bits per heavy atom. The van der Waals surface area contributed by atoms with Gasteiger partial charge in [0.2, 0.25) is 5.91 Å². The number of hydrogen-bond acceptors (Lipinski definition) is 5. The molecule has 10 nitrogen and oxygen atoms in total. The fourth-order valence-corrected chi connectivity index (χ4v) is 6.33. The van der Waals surface area contributed by atoms with Gasteiger partial charge in [0, 0.05) is 25.2 Å². The number of rotatable bonds is 4. The quantitative estimate of drug-likeness (QED) is 0.432. The Morgan fingerprint density at radius 2 is 1.75 bits per heavy atom. The number of hydrogen-bond donors (Lipinski definition) is 4. The molecule has 12 heteroatoms. The molecule has 1 spiro atoms. The van der Waals surface area contributed by atoms with Gasteiger partial charge < -0.3 is 26.0 Å². The number of fused-ring (bicyclic) bond motifs is 3. The van der Waals surface area contributed by atoms with Crippen molar-refractivity contribution in [2.24, 2.45) is 5.92 Å². The van der Waals surface area contributed by atoms with Crippen LogP contribution in [0.15, 0.2) is 30.3 Å². The van der Waals surface area contributed by atoms with Crippen LogP contribution < -0.4 is 16.0 Å². The smallest absolute Gasteiger partial charge is 0.325 e. The summed E-state index contributed by atoms with van der Waals surface area (Å²) in [6, 6.07) is 6.09. The van der Waals surface area contributed by atoms with Gasteiger partial charge in [0.15, 0.2) is 11.6 Å². The van der Waals surface area contributed by atoms with Gasteiger partial charge in [0.1, 0.15) is 17.8 Å². The first kappa shape index (κ1) is 26.2. The van der Waals surface area contributed by atoms with Crippen LogP contribution in [0.1, 0.15) is 47.9 Å². The molecule has 2 aliphatic carbocycles. The molecule has 6 amide bonds. The monoisotopic (exact) mass is 553 g/mol. The average molecular weight is 554 g/mol. The van der Waals surface area contributed by atoms with Crippen LogP contribution in [0.4, 0.5) is 24.1 Å². The number of halogens is 2. The van der Waals surface area contributed by atoms with E-state index in [1.54, 1.807) is 18.2 Å². The minimum Gasteiger partial charge on any atom is -0.370 e. The minimum absolute atomic E-state index is 0.130. The lowest BCUT2D eigenvalue weighted by Crippen LogP contribution is -2.55. The molecule has 4 aliphatic rings. The Bertz CT molecular complexity index is 1460. The van der Waals surface area contributed by atoms with Crippen molar-refractivity contribution in [2.75, 3.05) is 18.9 Å². The molecule has 0 radical (unpaired) electrons. The zero-order chi connectivity index (χ0) is 28.4. The number of carbonyl (C=O) groups excluding carboxylic acids is 4. The van der Waals surface area contributed by atoms with Crippen molar-refractivity contribution < 1.29 is 33.1 Å². The van der Waals surface area contributed by atoms with Crippen LogP contribution >= 0.6 is 0 Å². The molecule has 2 atom stereocenters. The predicted octanol–water partition coefficient (Wildman–Crippen LogP) is 2.48. The maximum Gasteiger partial charge on any atom is 0.325 e. The van der Waals surface area contributed by atoms with Crippen LogP contribution in [-0.2, 0) is 34.5 Å². The standard InChI is InChI=1S/C28H29F2N5O5/c1-31-25(38)32-19-4-5-20-16(10-19)6-8-27(20)24(37)34(26(39)33-27)14-23(36)35-13-17-12-22(30)21(29)11-15(17)7-9-28(35,40)18-2-3-18/h4-5,10-12,18,40H,2-3,6-9,13-14H2,1H3,(H,33,39)(H2,31,32,38)/t27-,28+/m0/s1. The molecular formula is C28H29F2N5O5. The summed E-state index contributed by atoms with van der Waals surface area (Å²) >= 11 is 0. The van der Waals surface area contributed by atoms with Gasteiger partial charge in [-0.15, -0.1) is 0 Å². The molecule has 210 valence electrons. The lowest BCUT2D eigenvalue weighted by molar-refractivity contribution is -0.170. The minimum atomic E-state index is -1.56. The lowest BCUT2D eigenvalue weighted by Gasteiger charge is -2.39. The number of carbonyl (C=O) groups is 4. The zero-order valence-electron chi connectivity index (χ0n) is 21.9. The Balaban J connectivity index is 1.26. The molecule has 1 saturated carbocycles. The van der Waals surface area contributed by atoms with Gasteiger partial charge in [0.25, 0.3) is 5.91 Å². The maximum absolute atomic E-state index is 14.1. The van der Waals surface area contributed by atoms with Gasteiger partial charge in [0.05, 0.1) is 0 Å². The Kier molecular flexibility index (Phi) is 6.06. The van der Waals surface area contributed by atoms with Crippen molar-refractivity contribution in [3.8, 4) is 0 Å². The fourth-order valence-electron chi connectivity index (χ4n) is 6.33. The molecule has 2 aromatic rings. The van der Waals surface area contributed by atoms with Crippen molar-refractivity contribution in [3.05, 3.63) is 64.2 Å². The molecule has 40 heavy (non-hydrogen) atoms. The molecule has 2 aromatic carbocycles. The van der Waals surface area contributed by atoms with Crippen LogP contribution in [0, 0.1) is 17.6 Å². The number of benzene rings is 2. The van der Waals surface area contributed by atoms with E-state index in [9.17, 15) is 33.1 Å².